The van der Waals surface area contributed by atoms with Crippen LogP contribution in [0.2, 0.25) is 0 Å². The van der Waals surface area contributed by atoms with Crippen molar-refractivity contribution < 1.29 is 14.2 Å². The monoisotopic (exact) mass is 568 g/mol. The van der Waals surface area contributed by atoms with Crippen molar-refractivity contribution in [3.8, 4) is 0 Å². The van der Waals surface area contributed by atoms with Crippen molar-refractivity contribution in [2.24, 2.45) is 5.92 Å². The van der Waals surface area contributed by atoms with Gasteiger partial charge < -0.3 is 14.2 Å². The number of hydrogen-bond donors (Lipinski definition) is 0. The van der Waals surface area contributed by atoms with Crippen LogP contribution in [0.1, 0.15) is 170 Å². The highest BCUT2D eigenvalue weighted by molar-refractivity contribution is 5.42. The number of rotatable bonds is 16. The molecule has 0 saturated heterocycles. The lowest BCUT2D eigenvalue weighted by Crippen LogP contribution is -2.27. The van der Waals surface area contributed by atoms with E-state index in [1.807, 2.05) is 0 Å². The summed E-state index contributed by atoms with van der Waals surface area (Å²) in [5, 5.41) is 0. The molecule has 234 valence electrons. The van der Waals surface area contributed by atoms with Gasteiger partial charge in [0.1, 0.15) is 0 Å². The van der Waals surface area contributed by atoms with Crippen molar-refractivity contribution in [2.75, 3.05) is 19.8 Å². The van der Waals surface area contributed by atoms with Crippen molar-refractivity contribution in [1.82, 2.24) is 0 Å². The minimum atomic E-state index is 0.468. The van der Waals surface area contributed by atoms with E-state index in [0.717, 1.165) is 37.6 Å². The number of unbranched alkanes of at least 4 members (excludes halogenated alkanes) is 4. The van der Waals surface area contributed by atoms with E-state index in [1.165, 1.54) is 122 Å². The second kappa shape index (κ2) is 18.0. The van der Waals surface area contributed by atoms with Crippen molar-refractivity contribution in [1.29, 1.82) is 0 Å². The van der Waals surface area contributed by atoms with Crippen molar-refractivity contribution >= 4 is 0 Å². The van der Waals surface area contributed by atoms with Crippen LogP contribution in [0.5, 0.6) is 0 Å². The molecule has 0 N–H and O–H groups in total. The van der Waals surface area contributed by atoms with Gasteiger partial charge in [0, 0.05) is 19.8 Å². The van der Waals surface area contributed by atoms with Crippen molar-refractivity contribution in [3.05, 3.63) is 34.4 Å². The predicted molar refractivity (Wildman–Crippen MR) is 173 cm³/mol. The van der Waals surface area contributed by atoms with Gasteiger partial charge in [-0.3, -0.25) is 0 Å². The van der Waals surface area contributed by atoms with Gasteiger partial charge in [-0.05, 0) is 150 Å². The van der Waals surface area contributed by atoms with Crippen LogP contribution in [0.3, 0.4) is 0 Å². The molecule has 0 amide bonds. The topological polar surface area (TPSA) is 27.7 Å². The van der Waals surface area contributed by atoms with Gasteiger partial charge in [-0.25, -0.2) is 0 Å². The van der Waals surface area contributed by atoms with Crippen LogP contribution in [0.4, 0.5) is 0 Å². The third kappa shape index (κ3) is 10.6. The minimum absolute atomic E-state index is 0.468. The van der Waals surface area contributed by atoms with Crippen LogP contribution in [0.25, 0.3) is 0 Å². The Morgan fingerprint density at radius 2 is 0.976 bits per heavy atom. The van der Waals surface area contributed by atoms with E-state index in [2.05, 4.69) is 39.8 Å². The van der Waals surface area contributed by atoms with E-state index in [9.17, 15) is 0 Å². The Balaban J connectivity index is 1.03. The van der Waals surface area contributed by atoms with E-state index in [4.69, 9.17) is 14.2 Å². The summed E-state index contributed by atoms with van der Waals surface area (Å²) >= 11 is 0. The number of aryl methyl sites for hydroxylation is 2. The highest BCUT2D eigenvalue weighted by atomic mass is 16.5. The SMILES string of the molecule is CCCCOC1CCC(OCCCCCCOC2CCC(c3cc(C)c(C4CCC(CC)CC4)c(C)c3)CC2)CC1. The van der Waals surface area contributed by atoms with E-state index in [-0.39, 0.29) is 0 Å². The first-order valence-corrected chi connectivity index (χ1v) is 18.0. The molecule has 3 fully saturated rings. The molecular weight excluding hydrogens is 504 g/mol. The van der Waals surface area contributed by atoms with Gasteiger partial charge in [-0.15, -0.1) is 0 Å². The molecule has 0 aromatic heterocycles. The maximum absolute atomic E-state index is 6.33. The fourth-order valence-corrected chi connectivity index (χ4v) is 8.13. The molecule has 3 nitrogen and oxygen atoms in total. The smallest absolute Gasteiger partial charge is 0.0577 e. The molecule has 41 heavy (non-hydrogen) atoms. The van der Waals surface area contributed by atoms with E-state index in [0.29, 0.717) is 18.3 Å². The second-order valence-corrected chi connectivity index (χ2v) is 13.9. The molecule has 0 unspecified atom stereocenters. The predicted octanol–water partition coefficient (Wildman–Crippen LogP) is 10.7. The highest BCUT2D eigenvalue weighted by Gasteiger charge is 2.27. The van der Waals surface area contributed by atoms with Gasteiger partial charge >= 0.3 is 0 Å². The van der Waals surface area contributed by atoms with E-state index in [1.54, 1.807) is 22.3 Å². The van der Waals surface area contributed by atoms with E-state index < -0.39 is 0 Å². The molecule has 3 aliphatic rings. The fourth-order valence-electron chi connectivity index (χ4n) is 8.13. The molecule has 0 atom stereocenters. The summed E-state index contributed by atoms with van der Waals surface area (Å²) in [7, 11) is 0. The molecule has 0 bridgehead atoms. The molecule has 0 aliphatic heterocycles. The van der Waals surface area contributed by atoms with Crippen LogP contribution in [0.15, 0.2) is 12.1 Å². The van der Waals surface area contributed by atoms with Crippen molar-refractivity contribution in [2.45, 2.75) is 180 Å². The Bertz CT molecular complexity index is 818. The summed E-state index contributed by atoms with van der Waals surface area (Å²) in [5.41, 5.74) is 6.40. The van der Waals surface area contributed by atoms with Crippen LogP contribution in [0, 0.1) is 19.8 Å². The van der Waals surface area contributed by atoms with Gasteiger partial charge in [0.15, 0.2) is 0 Å². The maximum Gasteiger partial charge on any atom is 0.0577 e. The zero-order chi connectivity index (χ0) is 28.9. The number of benzene rings is 1. The quantitative estimate of drug-likeness (QED) is 0.186. The Labute approximate surface area is 253 Å². The second-order valence-electron chi connectivity index (χ2n) is 13.9. The van der Waals surface area contributed by atoms with Gasteiger partial charge in [0.25, 0.3) is 0 Å². The first-order chi connectivity index (χ1) is 20.1. The van der Waals surface area contributed by atoms with E-state index >= 15 is 0 Å². The summed E-state index contributed by atoms with van der Waals surface area (Å²) in [5.74, 6) is 2.49. The lowest BCUT2D eigenvalue weighted by molar-refractivity contribution is -0.0326. The third-order valence-corrected chi connectivity index (χ3v) is 10.8. The Morgan fingerprint density at radius 1 is 0.537 bits per heavy atom. The average molecular weight is 569 g/mol. The molecule has 0 heterocycles. The highest BCUT2D eigenvalue weighted by Crippen LogP contribution is 2.42. The largest absolute Gasteiger partial charge is 0.378 e. The summed E-state index contributed by atoms with van der Waals surface area (Å²) in [4.78, 5) is 0. The normalized spacial score (nSPS) is 29.1. The number of ether oxygens (including phenoxy) is 3. The third-order valence-electron chi connectivity index (χ3n) is 10.8. The average Bonchev–Trinajstić information content (AvgIpc) is 2.99. The van der Waals surface area contributed by atoms with Crippen molar-refractivity contribution in [3.63, 3.8) is 0 Å². The van der Waals surface area contributed by atoms with Crippen LogP contribution in [-0.2, 0) is 14.2 Å². The van der Waals surface area contributed by atoms with Gasteiger partial charge in [0.05, 0.1) is 18.3 Å². The summed E-state index contributed by atoms with van der Waals surface area (Å²) in [6.07, 6.45) is 25.5. The first-order valence-electron chi connectivity index (χ1n) is 18.0. The van der Waals surface area contributed by atoms with Crippen LogP contribution < -0.4 is 0 Å². The van der Waals surface area contributed by atoms with Gasteiger partial charge in [-0.1, -0.05) is 51.7 Å². The fraction of sp³-hybridized carbons (Fsp3) is 0.842. The van der Waals surface area contributed by atoms with Gasteiger partial charge in [-0.2, -0.15) is 0 Å². The molecule has 1 aromatic carbocycles. The number of hydrogen-bond acceptors (Lipinski definition) is 3. The zero-order valence-corrected chi connectivity index (χ0v) is 27.4. The lowest BCUT2D eigenvalue weighted by atomic mass is 9.74. The Hall–Kier alpha value is -0.900. The molecule has 3 saturated carbocycles. The Morgan fingerprint density at radius 3 is 1.44 bits per heavy atom. The van der Waals surface area contributed by atoms with Crippen LogP contribution >= 0.6 is 0 Å². The Kier molecular flexibility index (Phi) is 14.5. The molecule has 0 radical (unpaired) electrons. The summed E-state index contributed by atoms with van der Waals surface area (Å²) < 4.78 is 18.5. The standard InChI is InChI=1S/C38H64O3/c1-5-7-24-39-36-20-22-37(23-21-36)41-26-11-9-8-10-25-40-35-18-16-32(17-19-35)34-27-29(3)38(30(4)28-34)33-14-12-31(6-2)13-15-33/h27-28,31-33,35-37H,5-26H2,1-4H3. The van der Waals surface area contributed by atoms with Crippen LogP contribution in [-0.4, -0.2) is 38.1 Å². The molecule has 1 aromatic rings. The molecule has 0 spiro atoms. The lowest BCUT2D eigenvalue weighted by Gasteiger charge is -2.32. The molecule has 3 heteroatoms. The van der Waals surface area contributed by atoms with Gasteiger partial charge in [0.2, 0.25) is 0 Å². The zero-order valence-electron chi connectivity index (χ0n) is 27.4. The minimum Gasteiger partial charge on any atom is -0.378 e. The first kappa shape index (κ1) is 33.0. The maximum atomic E-state index is 6.33. The molecular formula is C38H64O3. The molecule has 4 rings (SSSR count). The summed E-state index contributed by atoms with van der Waals surface area (Å²) in [6, 6.07) is 5.11. The summed E-state index contributed by atoms with van der Waals surface area (Å²) in [6.45, 7) is 12.2. The molecule has 3 aliphatic carbocycles.